The van der Waals surface area contributed by atoms with E-state index in [-0.39, 0.29) is 12.1 Å². The molecule has 0 unspecified atom stereocenters. The van der Waals surface area contributed by atoms with Crippen LogP contribution in [-0.2, 0) is 20.7 Å². The summed E-state index contributed by atoms with van der Waals surface area (Å²) in [6.45, 7) is 5.16. The van der Waals surface area contributed by atoms with Crippen LogP contribution in [0.5, 0.6) is 23.0 Å². The van der Waals surface area contributed by atoms with Crippen molar-refractivity contribution in [2.24, 2.45) is 0 Å². The molecule has 2 aromatic rings. The van der Waals surface area contributed by atoms with Crippen LogP contribution in [0.25, 0.3) is 6.08 Å². The van der Waals surface area contributed by atoms with Crippen molar-refractivity contribution in [3.8, 4) is 23.0 Å². The normalized spacial score (nSPS) is 18.5. The first-order chi connectivity index (χ1) is 18.2. The van der Waals surface area contributed by atoms with Crippen LogP contribution in [0.15, 0.2) is 36.0 Å². The van der Waals surface area contributed by atoms with Crippen LogP contribution >= 0.6 is 0 Å². The molecule has 3 amide bonds. The average molecular weight is 525 g/mol. The van der Waals surface area contributed by atoms with E-state index < -0.39 is 36.1 Å². The third kappa shape index (κ3) is 4.51. The van der Waals surface area contributed by atoms with E-state index in [0.29, 0.717) is 39.7 Å². The van der Waals surface area contributed by atoms with Crippen molar-refractivity contribution >= 4 is 24.0 Å². The maximum absolute atomic E-state index is 14.2. The molecule has 2 aliphatic rings. The highest BCUT2D eigenvalue weighted by molar-refractivity contribution is 6.14. The number of hydrogen-bond donors (Lipinski definition) is 0. The number of methoxy groups -OCH3 is 4. The third-order valence-electron chi connectivity index (χ3n) is 6.70. The smallest absolute Gasteiger partial charge is 0.417 e. The van der Waals surface area contributed by atoms with E-state index in [1.165, 1.54) is 26.2 Å². The Bertz CT molecular complexity index is 1300. The number of ether oxygens (including phenoxy) is 5. The van der Waals surface area contributed by atoms with E-state index in [1.807, 2.05) is 6.92 Å². The fourth-order valence-corrected chi connectivity index (χ4v) is 4.98. The fourth-order valence-electron chi connectivity index (χ4n) is 4.98. The highest BCUT2D eigenvalue weighted by Gasteiger charge is 2.50. The van der Waals surface area contributed by atoms with E-state index in [4.69, 9.17) is 23.7 Å². The molecule has 0 radical (unpaired) electrons. The van der Waals surface area contributed by atoms with Crippen LogP contribution in [-0.4, -0.2) is 68.3 Å². The Balaban J connectivity index is 1.87. The van der Waals surface area contributed by atoms with Crippen molar-refractivity contribution < 1.29 is 38.1 Å². The quantitative estimate of drug-likeness (QED) is 0.536. The van der Waals surface area contributed by atoms with Crippen molar-refractivity contribution in [3.05, 3.63) is 52.7 Å². The summed E-state index contributed by atoms with van der Waals surface area (Å²) in [6.07, 6.45) is 0.160. The van der Waals surface area contributed by atoms with Crippen molar-refractivity contribution in [2.45, 2.75) is 45.4 Å². The Morgan fingerprint density at radius 1 is 0.921 bits per heavy atom. The molecule has 4 rings (SSSR count). The Morgan fingerprint density at radius 3 is 2.16 bits per heavy atom. The number of piperazine rings is 1. The molecule has 0 N–H and O–H groups in total. The molecule has 202 valence electrons. The molecule has 0 saturated carbocycles. The Hall–Kier alpha value is -4.21. The zero-order chi connectivity index (χ0) is 27.7. The van der Waals surface area contributed by atoms with E-state index in [1.54, 1.807) is 57.4 Å². The van der Waals surface area contributed by atoms with Gasteiger partial charge in [-0.15, -0.1) is 0 Å². The van der Waals surface area contributed by atoms with Crippen LogP contribution in [0.2, 0.25) is 0 Å². The molecule has 10 heteroatoms. The number of hydrogen-bond acceptors (Lipinski definition) is 8. The molecular formula is C28H32N2O8. The van der Waals surface area contributed by atoms with Crippen molar-refractivity contribution in [1.29, 1.82) is 0 Å². The molecule has 0 spiro atoms. The lowest BCUT2D eigenvalue weighted by atomic mass is 9.89. The number of fused-ring (bicyclic) bond motifs is 2. The van der Waals surface area contributed by atoms with Gasteiger partial charge in [0, 0.05) is 23.1 Å². The monoisotopic (exact) mass is 524 g/mol. The van der Waals surface area contributed by atoms with Crippen molar-refractivity contribution in [2.75, 3.05) is 28.4 Å². The van der Waals surface area contributed by atoms with Gasteiger partial charge in [0.05, 0.1) is 40.6 Å². The zero-order valence-corrected chi connectivity index (χ0v) is 22.6. The number of amides is 3. The third-order valence-corrected chi connectivity index (χ3v) is 6.70. The second kappa shape index (κ2) is 10.6. The van der Waals surface area contributed by atoms with Gasteiger partial charge in [-0.05, 0) is 57.2 Å². The lowest BCUT2D eigenvalue weighted by Gasteiger charge is -2.45. The first-order valence-corrected chi connectivity index (χ1v) is 12.2. The van der Waals surface area contributed by atoms with E-state index in [2.05, 4.69) is 0 Å². The van der Waals surface area contributed by atoms with E-state index >= 15 is 0 Å². The van der Waals surface area contributed by atoms with Crippen LogP contribution in [0.1, 0.15) is 43.5 Å². The van der Waals surface area contributed by atoms with Gasteiger partial charge in [0.2, 0.25) is 0 Å². The largest absolute Gasteiger partial charge is 0.497 e. The van der Waals surface area contributed by atoms with Crippen LogP contribution in [0.4, 0.5) is 4.79 Å². The maximum Gasteiger partial charge on any atom is 0.417 e. The Labute approximate surface area is 221 Å². The number of benzene rings is 2. The predicted molar refractivity (Wildman–Crippen MR) is 138 cm³/mol. The number of carbonyl (C=O) groups is 3. The van der Waals surface area contributed by atoms with Gasteiger partial charge in [0.25, 0.3) is 11.8 Å². The summed E-state index contributed by atoms with van der Waals surface area (Å²) in [5.74, 6) is 1.02. The van der Waals surface area contributed by atoms with Gasteiger partial charge < -0.3 is 23.7 Å². The lowest BCUT2D eigenvalue weighted by molar-refractivity contribution is -0.151. The van der Waals surface area contributed by atoms with E-state index in [0.717, 1.165) is 4.90 Å². The second-order valence-electron chi connectivity index (χ2n) is 9.22. The van der Waals surface area contributed by atoms with E-state index in [9.17, 15) is 14.4 Å². The molecule has 0 aromatic heterocycles. The summed E-state index contributed by atoms with van der Waals surface area (Å²) >= 11 is 0. The van der Waals surface area contributed by atoms with Gasteiger partial charge >= 0.3 is 6.09 Å². The molecule has 2 atom stereocenters. The molecule has 0 aliphatic carbocycles. The molecule has 38 heavy (non-hydrogen) atoms. The minimum Gasteiger partial charge on any atom is -0.497 e. The topological polar surface area (TPSA) is 104 Å². The zero-order valence-electron chi connectivity index (χ0n) is 22.6. The Kier molecular flexibility index (Phi) is 7.52. The molecule has 2 heterocycles. The minimum absolute atomic E-state index is 0.00323. The fraction of sp³-hybridized carbons (Fsp3) is 0.393. The SMILES string of the molecule is COc1ccc(OC)c(C[C@H]2C(=O)N3C(=Cc4c(OC)ccc(OC)c4[C@@H]3C)C(=O)N2C(=O)OC(C)C)c1. The van der Waals surface area contributed by atoms with Gasteiger partial charge in [0.1, 0.15) is 34.7 Å². The maximum atomic E-state index is 14.2. The van der Waals surface area contributed by atoms with Crippen LogP contribution < -0.4 is 18.9 Å². The Morgan fingerprint density at radius 2 is 1.55 bits per heavy atom. The van der Waals surface area contributed by atoms with Crippen molar-refractivity contribution in [3.63, 3.8) is 0 Å². The van der Waals surface area contributed by atoms with Gasteiger partial charge in [0.15, 0.2) is 0 Å². The summed E-state index contributed by atoms with van der Waals surface area (Å²) in [6, 6.07) is 6.88. The summed E-state index contributed by atoms with van der Waals surface area (Å²) in [5, 5.41) is 0. The molecule has 1 saturated heterocycles. The summed E-state index contributed by atoms with van der Waals surface area (Å²) < 4.78 is 27.4. The lowest BCUT2D eigenvalue weighted by Crippen LogP contribution is -2.62. The second-order valence-corrected chi connectivity index (χ2v) is 9.22. The molecule has 2 aliphatic heterocycles. The minimum atomic E-state index is -1.19. The van der Waals surface area contributed by atoms with Gasteiger partial charge in [-0.3, -0.25) is 14.5 Å². The number of nitrogens with zero attached hydrogens (tertiary/aromatic N) is 2. The molecule has 10 nitrogen and oxygen atoms in total. The van der Waals surface area contributed by atoms with Gasteiger partial charge in [-0.1, -0.05) is 0 Å². The first kappa shape index (κ1) is 26.8. The number of rotatable bonds is 7. The summed E-state index contributed by atoms with van der Waals surface area (Å²) in [7, 11) is 6.10. The molecular weight excluding hydrogens is 492 g/mol. The van der Waals surface area contributed by atoms with Crippen molar-refractivity contribution in [1.82, 2.24) is 9.80 Å². The number of carbonyl (C=O) groups excluding carboxylic acids is 3. The highest BCUT2D eigenvalue weighted by Crippen LogP contribution is 2.46. The first-order valence-electron chi connectivity index (χ1n) is 12.2. The summed E-state index contributed by atoms with van der Waals surface area (Å²) in [4.78, 5) is 43.7. The van der Waals surface area contributed by atoms with Gasteiger partial charge in [-0.2, -0.15) is 0 Å². The van der Waals surface area contributed by atoms with Gasteiger partial charge in [-0.25, -0.2) is 9.69 Å². The summed E-state index contributed by atoms with van der Waals surface area (Å²) in [5.41, 5.74) is 1.96. The number of imide groups is 1. The van der Waals surface area contributed by atoms with Crippen LogP contribution in [0.3, 0.4) is 0 Å². The standard InChI is InChI=1S/C28H32N2O8/c1-15(2)38-28(33)30-20(13-17-12-18(34-4)8-9-22(17)35-5)26(31)29-16(3)25-19(14-21(29)27(30)32)23(36-6)10-11-24(25)37-7/h8-12,14-16,20H,13H2,1-7H3/t16-,20-/m0/s1. The predicted octanol–water partition coefficient (Wildman–Crippen LogP) is 3.96. The highest BCUT2D eigenvalue weighted by atomic mass is 16.6. The molecule has 0 bridgehead atoms. The van der Waals surface area contributed by atoms with Crippen LogP contribution in [0, 0.1) is 0 Å². The molecule has 2 aromatic carbocycles. The average Bonchev–Trinajstić information content (AvgIpc) is 2.90. The molecule has 1 fully saturated rings.